The molecule has 0 radical (unpaired) electrons. The standard InChI is InChI=1S/C9H16N2O2S/c1-6(2)4-11-7(5-14)8(12)10(3)9(11)13/h6-7,14H,4-5H2,1-3H3. The van der Waals surface area contributed by atoms with Gasteiger partial charge in [-0.15, -0.1) is 0 Å². The minimum atomic E-state index is -0.377. The Balaban J connectivity index is 2.81. The first-order valence-electron chi connectivity index (χ1n) is 4.68. The molecule has 0 bridgehead atoms. The SMILES string of the molecule is CC(C)CN1C(=O)N(C)C(=O)C1CS. The first-order chi connectivity index (χ1) is 6.49. The average molecular weight is 216 g/mol. The smallest absolute Gasteiger partial charge is 0.311 e. The Kier molecular flexibility index (Phi) is 3.42. The fourth-order valence-electron chi connectivity index (χ4n) is 1.55. The van der Waals surface area contributed by atoms with Gasteiger partial charge in [0.2, 0.25) is 0 Å². The van der Waals surface area contributed by atoms with Crippen LogP contribution in [0.1, 0.15) is 13.8 Å². The molecule has 1 atom stereocenters. The summed E-state index contributed by atoms with van der Waals surface area (Å²) in [7, 11) is 1.52. The molecule has 1 rings (SSSR count). The fourth-order valence-corrected chi connectivity index (χ4v) is 1.91. The number of carbonyl (C=O) groups is 2. The Hall–Kier alpha value is -0.710. The lowest BCUT2D eigenvalue weighted by molar-refractivity contribution is -0.126. The zero-order valence-electron chi connectivity index (χ0n) is 8.73. The molecule has 0 aromatic rings. The van der Waals surface area contributed by atoms with Crippen LogP contribution in [0.3, 0.4) is 0 Å². The number of rotatable bonds is 3. The lowest BCUT2D eigenvalue weighted by atomic mass is 10.2. The van der Waals surface area contributed by atoms with E-state index in [-0.39, 0.29) is 18.0 Å². The number of likely N-dealkylation sites (N-methyl/N-ethyl adjacent to an activating group) is 1. The van der Waals surface area contributed by atoms with E-state index in [0.29, 0.717) is 18.2 Å². The average Bonchev–Trinajstić information content (AvgIpc) is 2.31. The summed E-state index contributed by atoms with van der Waals surface area (Å²) in [4.78, 5) is 25.9. The summed E-state index contributed by atoms with van der Waals surface area (Å²) in [6.07, 6.45) is 0. The van der Waals surface area contributed by atoms with Crippen LogP contribution in [0.2, 0.25) is 0 Å². The molecule has 1 aliphatic heterocycles. The van der Waals surface area contributed by atoms with Crippen molar-refractivity contribution in [2.24, 2.45) is 5.92 Å². The second-order valence-electron chi connectivity index (χ2n) is 3.92. The van der Waals surface area contributed by atoms with Crippen LogP contribution in [0.5, 0.6) is 0 Å². The monoisotopic (exact) mass is 216 g/mol. The zero-order valence-corrected chi connectivity index (χ0v) is 9.62. The van der Waals surface area contributed by atoms with E-state index >= 15 is 0 Å². The highest BCUT2D eigenvalue weighted by molar-refractivity contribution is 7.80. The summed E-state index contributed by atoms with van der Waals surface area (Å²) in [5, 5.41) is 0. The van der Waals surface area contributed by atoms with E-state index in [2.05, 4.69) is 12.6 Å². The summed E-state index contributed by atoms with van der Waals surface area (Å²) < 4.78 is 0. The van der Waals surface area contributed by atoms with Crippen molar-refractivity contribution in [2.75, 3.05) is 19.3 Å². The van der Waals surface area contributed by atoms with Crippen LogP contribution in [0, 0.1) is 5.92 Å². The number of amides is 3. The lowest BCUT2D eigenvalue weighted by Crippen LogP contribution is -2.38. The number of thiol groups is 1. The highest BCUT2D eigenvalue weighted by Crippen LogP contribution is 2.18. The number of nitrogens with zero attached hydrogens (tertiary/aromatic N) is 2. The molecule has 5 heteroatoms. The van der Waals surface area contributed by atoms with E-state index < -0.39 is 0 Å². The summed E-state index contributed by atoms with van der Waals surface area (Å²) in [5.41, 5.74) is 0. The van der Waals surface area contributed by atoms with Crippen LogP contribution in [0.4, 0.5) is 4.79 Å². The molecule has 14 heavy (non-hydrogen) atoms. The number of hydrogen-bond donors (Lipinski definition) is 1. The molecule has 1 unspecified atom stereocenters. The Morgan fingerprint density at radius 1 is 1.43 bits per heavy atom. The maximum absolute atomic E-state index is 11.6. The molecule has 1 saturated heterocycles. The van der Waals surface area contributed by atoms with Gasteiger partial charge >= 0.3 is 6.03 Å². The summed E-state index contributed by atoms with van der Waals surface area (Å²) in [5.74, 6) is 0.605. The van der Waals surface area contributed by atoms with Gasteiger partial charge in [0.15, 0.2) is 0 Å². The van der Waals surface area contributed by atoms with Crippen molar-refractivity contribution >= 4 is 24.6 Å². The molecule has 0 aliphatic carbocycles. The second-order valence-corrected chi connectivity index (χ2v) is 4.29. The summed E-state index contributed by atoms with van der Waals surface area (Å²) >= 11 is 4.10. The van der Waals surface area contributed by atoms with Crippen molar-refractivity contribution in [1.82, 2.24) is 9.80 Å². The Bertz CT molecular complexity index is 255. The molecule has 1 fully saturated rings. The molecular weight excluding hydrogens is 200 g/mol. The van der Waals surface area contributed by atoms with Gasteiger partial charge in [0.25, 0.3) is 5.91 Å². The van der Waals surface area contributed by atoms with E-state index in [0.717, 1.165) is 0 Å². The van der Waals surface area contributed by atoms with E-state index in [9.17, 15) is 9.59 Å². The van der Waals surface area contributed by atoms with Crippen molar-refractivity contribution in [1.29, 1.82) is 0 Å². The van der Waals surface area contributed by atoms with Gasteiger partial charge in [-0.2, -0.15) is 12.6 Å². The molecule has 0 aromatic heterocycles. The largest absolute Gasteiger partial charge is 0.327 e. The van der Waals surface area contributed by atoms with E-state index in [1.807, 2.05) is 13.8 Å². The molecule has 4 nitrogen and oxygen atoms in total. The zero-order chi connectivity index (χ0) is 10.9. The molecule has 0 saturated carbocycles. The first-order valence-corrected chi connectivity index (χ1v) is 5.31. The van der Waals surface area contributed by atoms with Crippen molar-refractivity contribution in [3.63, 3.8) is 0 Å². The first kappa shape index (κ1) is 11.4. The number of hydrogen-bond acceptors (Lipinski definition) is 3. The number of urea groups is 1. The summed E-state index contributed by atoms with van der Waals surface area (Å²) in [6, 6.07) is -0.582. The molecule has 1 heterocycles. The molecular formula is C9H16N2O2S. The quantitative estimate of drug-likeness (QED) is 0.561. The van der Waals surface area contributed by atoms with Crippen LogP contribution < -0.4 is 0 Å². The Labute approximate surface area is 89.7 Å². The van der Waals surface area contributed by atoms with Gasteiger partial charge in [-0.05, 0) is 5.92 Å². The topological polar surface area (TPSA) is 40.6 Å². The maximum atomic E-state index is 11.6. The maximum Gasteiger partial charge on any atom is 0.327 e. The van der Waals surface area contributed by atoms with Gasteiger partial charge in [0.1, 0.15) is 6.04 Å². The lowest BCUT2D eigenvalue weighted by Gasteiger charge is -2.22. The second kappa shape index (κ2) is 4.21. The summed E-state index contributed by atoms with van der Waals surface area (Å²) in [6.45, 7) is 4.65. The van der Waals surface area contributed by atoms with E-state index in [4.69, 9.17) is 0 Å². The Morgan fingerprint density at radius 2 is 2.00 bits per heavy atom. The minimum absolute atomic E-state index is 0.148. The predicted molar refractivity (Wildman–Crippen MR) is 57.4 cm³/mol. The Morgan fingerprint density at radius 3 is 2.43 bits per heavy atom. The molecule has 80 valence electrons. The van der Waals surface area contributed by atoms with Crippen molar-refractivity contribution in [3.05, 3.63) is 0 Å². The van der Waals surface area contributed by atoms with Crippen LogP contribution in [-0.2, 0) is 4.79 Å². The van der Waals surface area contributed by atoms with Crippen molar-refractivity contribution < 1.29 is 9.59 Å². The highest BCUT2D eigenvalue weighted by Gasteiger charge is 2.41. The molecule has 3 amide bonds. The van der Waals surface area contributed by atoms with Crippen LogP contribution >= 0.6 is 12.6 Å². The normalized spacial score (nSPS) is 22.8. The van der Waals surface area contributed by atoms with Gasteiger partial charge in [-0.1, -0.05) is 13.8 Å². The predicted octanol–water partition coefficient (Wildman–Crippen LogP) is 0.835. The molecule has 0 aromatic carbocycles. The third kappa shape index (κ3) is 1.87. The van der Waals surface area contributed by atoms with E-state index in [1.165, 1.54) is 11.9 Å². The third-order valence-electron chi connectivity index (χ3n) is 2.26. The van der Waals surface area contributed by atoms with Crippen LogP contribution in [0.25, 0.3) is 0 Å². The van der Waals surface area contributed by atoms with Crippen LogP contribution in [-0.4, -0.2) is 47.1 Å². The highest BCUT2D eigenvalue weighted by atomic mass is 32.1. The molecule has 0 spiro atoms. The number of imide groups is 1. The van der Waals surface area contributed by atoms with Gasteiger partial charge in [-0.3, -0.25) is 9.69 Å². The van der Waals surface area contributed by atoms with Gasteiger partial charge in [0, 0.05) is 19.3 Å². The minimum Gasteiger partial charge on any atom is -0.311 e. The van der Waals surface area contributed by atoms with Crippen molar-refractivity contribution in [2.45, 2.75) is 19.9 Å². The third-order valence-corrected chi connectivity index (χ3v) is 2.61. The van der Waals surface area contributed by atoms with E-state index in [1.54, 1.807) is 4.90 Å². The molecule has 0 N–H and O–H groups in total. The molecule has 1 aliphatic rings. The fraction of sp³-hybridized carbons (Fsp3) is 0.778. The van der Waals surface area contributed by atoms with Crippen molar-refractivity contribution in [3.8, 4) is 0 Å². The number of carbonyl (C=O) groups excluding carboxylic acids is 2. The van der Waals surface area contributed by atoms with Gasteiger partial charge in [0.05, 0.1) is 0 Å². The van der Waals surface area contributed by atoms with Gasteiger partial charge < -0.3 is 4.90 Å². The van der Waals surface area contributed by atoms with Crippen LogP contribution in [0.15, 0.2) is 0 Å². The van der Waals surface area contributed by atoms with Gasteiger partial charge in [-0.25, -0.2) is 4.79 Å².